The van der Waals surface area contributed by atoms with Gasteiger partial charge in [-0.1, -0.05) is 6.07 Å². The van der Waals surface area contributed by atoms with Crippen LogP contribution in [0.4, 0.5) is 0 Å². The molecule has 1 aliphatic carbocycles. The number of carbonyl (C=O) groups is 1. The van der Waals surface area contributed by atoms with Gasteiger partial charge in [-0.25, -0.2) is 0 Å². The topological polar surface area (TPSA) is 66.0 Å². The molecule has 4 rings (SSSR count). The van der Waals surface area contributed by atoms with Crippen molar-refractivity contribution in [3.63, 3.8) is 0 Å². The molecule has 0 aromatic heterocycles. The summed E-state index contributed by atoms with van der Waals surface area (Å²) in [4.78, 5) is 12.3. The maximum Gasteiger partial charge on any atom is 0.231 e. The van der Waals surface area contributed by atoms with Gasteiger partial charge < -0.3 is 24.3 Å². The SMILES string of the molecule is O=C(Cc1ccc2c(c1)OCO2)N[C@@H]1CC[C@H]2OCCO[C@@H]2C1. The van der Waals surface area contributed by atoms with Crippen molar-refractivity contribution in [3.05, 3.63) is 23.8 Å². The van der Waals surface area contributed by atoms with Crippen molar-refractivity contribution in [2.45, 2.75) is 43.9 Å². The highest BCUT2D eigenvalue weighted by Gasteiger charge is 2.34. The predicted molar refractivity (Wildman–Crippen MR) is 81.5 cm³/mol. The molecule has 2 heterocycles. The Morgan fingerprint density at radius 1 is 1.09 bits per heavy atom. The van der Waals surface area contributed by atoms with E-state index in [0.29, 0.717) is 25.4 Å². The highest BCUT2D eigenvalue weighted by molar-refractivity contribution is 5.79. The average molecular weight is 319 g/mol. The number of benzene rings is 1. The Hall–Kier alpha value is -1.79. The molecule has 2 aliphatic heterocycles. The van der Waals surface area contributed by atoms with Gasteiger partial charge in [0.05, 0.1) is 31.8 Å². The third-order valence-electron chi connectivity index (χ3n) is 4.65. The molecule has 0 unspecified atom stereocenters. The minimum atomic E-state index is 0.0315. The summed E-state index contributed by atoms with van der Waals surface area (Å²) in [7, 11) is 0. The highest BCUT2D eigenvalue weighted by atomic mass is 16.7. The zero-order chi connectivity index (χ0) is 15.6. The third kappa shape index (κ3) is 3.28. The van der Waals surface area contributed by atoms with E-state index in [1.54, 1.807) is 0 Å². The van der Waals surface area contributed by atoms with Gasteiger partial charge in [-0.15, -0.1) is 0 Å². The fraction of sp³-hybridized carbons (Fsp3) is 0.588. The van der Waals surface area contributed by atoms with E-state index >= 15 is 0 Å². The number of carbonyl (C=O) groups excluding carboxylic acids is 1. The molecule has 1 saturated carbocycles. The summed E-state index contributed by atoms with van der Waals surface area (Å²) >= 11 is 0. The van der Waals surface area contributed by atoms with Crippen molar-refractivity contribution in [1.82, 2.24) is 5.32 Å². The normalized spacial score (nSPS) is 29.0. The van der Waals surface area contributed by atoms with Gasteiger partial charge in [0.15, 0.2) is 11.5 Å². The number of hydrogen-bond donors (Lipinski definition) is 1. The first-order chi connectivity index (χ1) is 11.3. The Labute approximate surface area is 135 Å². The fourth-order valence-electron chi connectivity index (χ4n) is 3.51. The van der Waals surface area contributed by atoms with Gasteiger partial charge in [0.1, 0.15) is 0 Å². The van der Waals surface area contributed by atoms with Crippen LogP contribution in [-0.4, -0.2) is 44.2 Å². The summed E-state index contributed by atoms with van der Waals surface area (Å²) in [5.41, 5.74) is 0.928. The number of fused-ring (bicyclic) bond motifs is 2. The summed E-state index contributed by atoms with van der Waals surface area (Å²) in [5, 5.41) is 3.12. The number of hydrogen-bond acceptors (Lipinski definition) is 5. The molecule has 1 amide bonds. The largest absolute Gasteiger partial charge is 0.454 e. The molecule has 1 aromatic rings. The van der Waals surface area contributed by atoms with Crippen molar-refractivity contribution in [2.24, 2.45) is 0 Å². The Morgan fingerprint density at radius 2 is 1.91 bits per heavy atom. The van der Waals surface area contributed by atoms with Gasteiger partial charge >= 0.3 is 0 Å². The van der Waals surface area contributed by atoms with Crippen LogP contribution < -0.4 is 14.8 Å². The molecular weight excluding hydrogens is 298 g/mol. The van der Waals surface area contributed by atoms with Crippen molar-refractivity contribution >= 4 is 5.91 Å². The first-order valence-corrected chi connectivity index (χ1v) is 8.19. The third-order valence-corrected chi connectivity index (χ3v) is 4.65. The Balaban J connectivity index is 1.31. The standard InChI is InChI=1S/C17H21NO5/c19-17(8-11-1-3-14-15(7-11)23-10-22-14)18-12-2-4-13-16(9-12)21-6-5-20-13/h1,3,7,12-13,16H,2,4-6,8-10H2,(H,18,19)/t12-,13-,16-/m1/s1. The Kier molecular flexibility index (Phi) is 4.10. The van der Waals surface area contributed by atoms with Gasteiger partial charge in [0.25, 0.3) is 0 Å². The van der Waals surface area contributed by atoms with Crippen molar-refractivity contribution in [3.8, 4) is 11.5 Å². The van der Waals surface area contributed by atoms with E-state index in [1.165, 1.54) is 0 Å². The number of rotatable bonds is 3. The fourth-order valence-corrected chi connectivity index (χ4v) is 3.51. The number of amides is 1. The van der Waals surface area contributed by atoms with Crippen molar-refractivity contribution in [1.29, 1.82) is 0 Å². The van der Waals surface area contributed by atoms with Crippen LogP contribution in [0.25, 0.3) is 0 Å². The van der Waals surface area contributed by atoms with Gasteiger partial charge in [0, 0.05) is 6.04 Å². The zero-order valence-corrected chi connectivity index (χ0v) is 13.0. The van der Waals surface area contributed by atoms with E-state index in [-0.39, 0.29) is 30.9 Å². The van der Waals surface area contributed by atoms with Crippen LogP contribution in [0.15, 0.2) is 18.2 Å². The highest BCUT2D eigenvalue weighted by Crippen LogP contribution is 2.32. The first kappa shape index (κ1) is 14.8. The quantitative estimate of drug-likeness (QED) is 0.912. The van der Waals surface area contributed by atoms with Crippen LogP contribution in [-0.2, 0) is 20.7 Å². The molecule has 3 atom stereocenters. The number of ether oxygens (including phenoxy) is 4. The smallest absolute Gasteiger partial charge is 0.231 e. The predicted octanol–water partition coefficient (Wildman–Crippen LogP) is 1.41. The summed E-state index contributed by atoms with van der Waals surface area (Å²) in [5.74, 6) is 1.48. The summed E-state index contributed by atoms with van der Waals surface area (Å²) in [6.45, 7) is 1.58. The van der Waals surface area contributed by atoms with Gasteiger partial charge in [-0.3, -0.25) is 4.79 Å². The minimum absolute atomic E-state index is 0.0315. The number of nitrogens with one attached hydrogen (secondary N) is 1. The van der Waals surface area contributed by atoms with Crippen molar-refractivity contribution < 1.29 is 23.7 Å². The van der Waals surface area contributed by atoms with Gasteiger partial charge in [-0.05, 0) is 37.0 Å². The molecular formula is C17H21NO5. The van der Waals surface area contributed by atoms with E-state index < -0.39 is 0 Å². The summed E-state index contributed by atoms with van der Waals surface area (Å²) in [6.07, 6.45) is 3.38. The van der Waals surface area contributed by atoms with Crippen LogP contribution in [0.1, 0.15) is 24.8 Å². The molecule has 23 heavy (non-hydrogen) atoms. The lowest BCUT2D eigenvalue weighted by atomic mass is 9.89. The minimum Gasteiger partial charge on any atom is -0.454 e. The van der Waals surface area contributed by atoms with Crippen LogP contribution in [0.3, 0.4) is 0 Å². The van der Waals surface area contributed by atoms with E-state index in [4.69, 9.17) is 18.9 Å². The second-order valence-electron chi connectivity index (χ2n) is 6.26. The molecule has 0 radical (unpaired) electrons. The van der Waals surface area contributed by atoms with E-state index in [2.05, 4.69) is 5.32 Å². The Bertz CT molecular complexity index is 590. The first-order valence-electron chi connectivity index (χ1n) is 8.19. The van der Waals surface area contributed by atoms with Gasteiger partial charge in [0.2, 0.25) is 12.7 Å². The van der Waals surface area contributed by atoms with E-state index in [9.17, 15) is 4.79 Å². The maximum absolute atomic E-state index is 12.3. The van der Waals surface area contributed by atoms with E-state index in [1.807, 2.05) is 18.2 Å². The van der Waals surface area contributed by atoms with E-state index in [0.717, 1.165) is 30.6 Å². The molecule has 1 N–H and O–H groups in total. The second-order valence-corrected chi connectivity index (χ2v) is 6.26. The monoisotopic (exact) mass is 319 g/mol. The molecule has 2 fully saturated rings. The summed E-state index contributed by atoms with van der Waals surface area (Å²) in [6, 6.07) is 5.79. The van der Waals surface area contributed by atoms with Crippen LogP contribution in [0.2, 0.25) is 0 Å². The zero-order valence-electron chi connectivity index (χ0n) is 13.0. The van der Waals surface area contributed by atoms with Gasteiger partial charge in [-0.2, -0.15) is 0 Å². The molecule has 0 spiro atoms. The Morgan fingerprint density at radius 3 is 2.83 bits per heavy atom. The lowest BCUT2D eigenvalue weighted by Crippen LogP contribution is -2.49. The molecule has 6 nitrogen and oxygen atoms in total. The van der Waals surface area contributed by atoms with Crippen LogP contribution in [0.5, 0.6) is 11.5 Å². The molecule has 3 aliphatic rings. The van der Waals surface area contributed by atoms with Crippen molar-refractivity contribution in [2.75, 3.05) is 20.0 Å². The van der Waals surface area contributed by atoms with Crippen LogP contribution >= 0.6 is 0 Å². The maximum atomic E-state index is 12.3. The lowest BCUT2D eigenvalue weighted by Gasteiger charge is -2.39. The lowest BCUT2D eigenvalue weighted by molar-refractivity contribution is -0.158. The second kappa shape index (κ2) is 6.37. The molecule has 1 saturated heterocycles. The molecule has 0 bridgehead atoms. The molecule has 6 heteroatoms. The summed E-state index contributed by atoms with van der Waals surface area (Å²) < 4.78 is 22.1. The van der Waals surface area contributed by atoms with Crippen LogP contribution in [0, 0.1) is 0 Å². The average Bonchev–Trinajstić information content (AvgIpc) is 3.02. The molecule has 1 aromatic carbocycles. The molecule has 124 valence electrons.